The first-order valence-electron chi connectivity index (χ1n) is 12.8. The van der Waals surface area contributed by atoms with Crippen molar-refractivity contribution in [3.05, 3.63) is 106 Å². The molecule has 0 spiro atoms. The summed E-state index contributed by atoms with van der Waals surface area (Å²) in [6, 6.07) is 35.1. The quantitative estimate of drug-likeness (QED) is 0.169. The number of halogens is 2. The summed E-state index contributed by atoms with van der Waals surface area (Å²) in [4.78, 5) is 0. The van der Waals surface area contributed by atoms with Crippen molar-refractivity contribution in [2.75, 3.05) is 0 Å². The molecule has 0 N–H and O–H groups in total. The average Bonchev–Trinajstić information content (AvgIpc) is 3.18. The number of fused-ring (bicyclic) bond motifs is 3. The molecule has 0 fully saturated rings. The van der Waals surface area contributed by atoms with E-state index >= 15 is 0 Å². The van der Waals surface area contributed by atoms with Gasteiger partial charge in [0.05, 0.1) is 0 Å². The van der Waals surface area contributed by atoms with Crippen LogP contribution in [0.5, 0.6) is 0 Å². The van der Waals surface area contributed by atoms with E-state index in [1.54, 1.807) is 18.3 Å². The topological polar surface area (TPSA) is 0 Å². The molecule has 0 amide bonds. The van der Waals surface area contributed by atoms with Crippen LogP contribution in [-0.2, 0) is 0 Å². The van der Waals surface area contributed by atoms with Gasteiger partial charge in [0.2, 0.25) is 0 Å². The van der Waals surface area contributed by atoms with Gasteiger partial charge in [-0.1, -0.05) is 68.3 Å². The van der Waals surface area contributed by atoms with Crippen molar-refractivity contribution in [3.8, 4) is 22.3 Å². The summed E-state index contributed by atoms with van der Waals surface area (Å²) in [7, 11) is 0. The van der Waals surface area contributed by atoms with Crippen molar-refractivity contribution >= 4 is 57.4 Å². The number of benzene rings is 4. The molecule has 0 aromatic heterocycles. The van der Waals surface area contributed by atoms with Crippen LogP contribution in [0.1, 0.15) is 39.5 Å². The molecule has 180 valence electrons. The van der Waals surface area contributed by atoms with Crippen LogP contribution in [0.15, 0.2) is 106 Å². The number of rotatable bonds is 7. The van der Waals surface area contributed by atoms with Gasteiger partial charge in [-0.25, -0.2) is 0 Å². The van der Waals surface area contributed by atoms with E-state index < -0.39 is 18.4 Å². The summed E-state index contributed by atoms with van der Waals surface area (Å²) in [5.74, 6) is 0. The molecule has 0 saturated carbocycles. The van der Waals surface area contributed by atoms with Gasteiger partial charge in [0.15, 0.2) is 0 Å². The summed E-state index contributed by atoms with van der Waals surface area (Å²) in [5.41, 5.74) is 5.55. The van der Waals surface area contributed by atoms with Gasteiger partial charge >= 0.3 is 134 Å². The Morgan fingerprint density at radius 3 is 1.20 bits per heavy atom. The van der Waals surface area contributed by atoms with Gasteiger partial charge < -0.3 is 0 Å². The molecule has 1 aliphatic rings. The zero-order valence-electron chi connectivity index (χ0n) is 20.7. The van der Waals surface area contributed by atoms with Crippen molar-refractivity contribution in [1.29, 1.82) is 0 Å². The van der Waals surface area contributed by atoms with Gasteiger partial charge in [-0.05, 0) is 23.3 Å². The number of unbranched alkanes of at least 4 members (excludes halogenated alkanes) is 2. The van der Waals surface area contributed by atoms with Crippen LogP contribution in [0, 0.1) is 0 Å². The van der Waals surface area contributed by atoms with Gasteiger partial charge in [0.1, 0.15) is 0 Å². The fourth-order valence-corrected chi connectivity index (χ4v) is 23.0. The molecule has 0 nitrogen and oxygen atoms in total. The molecule has 0 atom stereocenters. The van der Waals surface area contributed by atoms with Crippen LogP contribution in [0.4, 0.5) is 0 Å². The minimum absolute atomic E-state index is 1.12. The van der Waals surface area contributed by atoms with Gasteiger partial charge in [-0.15, -0.1) is 0 Å². The first-order valence-corrected chi connectivity index (χ1v) is 21.3. The van der Waals surface area contributed by atoms with Crippen LogP contribution in [-0.4, -0.2) is 18.4 Å². The third-order valence-electron chi connectivity index (χ3n) is 7.13. The Kier molecular flexibility index (Phi) is 9.72. The Balaban J connectivity index is 0.000000179. The van der Waals surface area contributed by atoms with Crippen molar-refractivity contribution < 1.29 is 0 Å². The maximum atomic E-state index is 3.55. The average molecular weight is 697 g/mol. The third kappa shape index (κ3) is 5.81. The van der Waals surface area contributed by atoms with E-state index in [-0.39, 0.29) is 0 Å². The molecule has 0 unspecified atom stereocenters. The third-order valence-corrected chi connectivity index (χ3v) is 23.8. The second-order valence-electron chi connectivity index (χ2n) is 9.34. The molecule has 5 rings (SSSR count). The molecule has 3 heteroatoms. The van der Waals surface area contributed by atoms with Crippen molar-refractivity contribution in [2.45, 2.75) is 48.4 Å². The van der Waals surface area contributed by atoms with Gasteiger partial charge in [-0.3, -0.25) is 0 Å². The molecule has 1 heterocycles. The minimum atomic E-state index is -2.43. The Morgan fingerprint density at radius 2 is 0.829 bits per heavy atom. The van der Waals surface area contributed by atoms with Crippen molar-refractivity contribution in [1.82, 2.24) is 0 Å². The van der Waals surface area contributed by atoms with Crippen molar-refractivity contribution in [3.63, 3.8) is 0 Å². The van der Waals surface area contributed by atoms with Gasteiger partial charge in [0, 0.05) is 8.95 Å². The summed E-state index contributed by atoms with van der Waals surface area (Å²) in [6.07, 6.45) is 5.47. The van der Waals surface area contributed by atoms with E-state index in [1.807, 2.05) is 24.3 Å². The van der Waals surface area contributed by atoms with E-state index in [2.05, 4.69) is 119 Å². The summed E-state index contributed by atoms with van der Waals surface area (Å²) in [5, 5.41) is 0. The van der Waals surface area contributed by atoms with E-state index in [1.165, 1.54) is 45.7 Å². The Hall–Kier alpha value is -1.36. The van der Waals surface area contributed by atoms with E-state index in [9.17, 15) is 0 Å². The van der Waals surface area contributed by atoms with Crippen LogP contribution >= 0.6 is 31.9 Å². The second-order valence-corrected chi connectivity index (χ2v) is 23.2. The van der Waals surface area contributed by atoms with Gasteiger partial charge in [-0.2, -0.15) is 0 Å². The van der Waals surface area contributed by atoms with E-state index in [0.717, 1.165) is 8.95 Å². The molecule has 1 aliphatic heterocycles. The SMILES string of the molecule is Brc1ccccc1-c1ccccc1Br.CCC[CH2][Sn]1([CH2]CCC)[c]2ccccc2-c2cccc[c]21. The molecule has 0 bridgehead atoms. The van der Waals surface area contributed by atoms with Crippen LogP contribution in [0.2, 0.25) is 8.87 Å². The number of hydrogen-bond acceptors (Lipinski definition) is 0. The molecular weight excluding hydrogens is 663 g/mol. The predicted octanol–water partition coefficient (Wildman–Crippen LogP) is 9.71. The maximum absolute atomic E-state index is 3.55. The fourth-order valence-electron chi connectivity index (χ4n) is 5.40. The van der Waals surface area contributed by atoms with Crippen molar-refractivity contribution in [2.24, 2.45) is 0 Å². The first-order chi connectivity index (χ1) is 17.1. The van der Waals surface area contributed by atoms with E-state index in [4.69, 9.17) is 0 Å². The molecule has 0 radical (unpaired) electrons. The second kappa shape index (κ2) is 12.7. The van der Waals surface area contributed by atoms with E-state index in [0.29, 0.717) is 0 Å². The Labute approximate surface area is 232 Å². The zero-order valence-corrected chi connectivity index (χ0v) is 26.8. The summed E-state index contributed by atoms with van der Waals surface area (Å²) < 4.78 is 8.81. The van der Waals surface area contributed by atoms with Crippen LogP contribution in [0.25, 0.3) is 22.3 Å². The normalized spacial score (nSPS) is 12.9. The first kappa shape index (κ1) is 26.7. The molecule has 35 heavy (non-hydrogen) atoms. The standard InChI is InChI=1S/C12H8Br2.C12H8.2C4H9.Sn/c13-11-7-3-1-5-9(11)10-6-2-4-8-12(10)14;1-3-7-11(8-4-1)12-9-5-2-6-10-12;2*1-3-4-2;/h1-8H;1-7,9H;2*1,3-4H2,2H3;. The monoisotopic (exact) mass is 696 g/mol. The zero-order chi connectivity index (χ0) is 24.7. The van der Waals surface area contributed by atoms with Crippen LogP contribution < -0.4 is 7.16 Å². The molecular formula is C32H34Br2Sn. The fraction of sp³-hybridized carbons (Fsp3) is 0.250. The summed E-state index contributed by atoms with van der Waals surface area (Å²) in [6.45, 7) is 4.68. The molecule has 0 saturated heterocycles. The molecule has 4 aromatic rings. The molecule has 0 aliphatic carbocycles. The summed E-state index contributed by atoms with van der Waals surface area (Å²) >= 11 is 4.67. The Morgan fingerprint density at radius 1 is 0.486 bits per heavy atom. The van der Waals surface area contributed by atoms with Crippen LogP contribution in [0.3, 0.4) is 0 Å². The predicted molar refractivity (Wildman–Crippen MR) is 164 cm³/mol. The van der Waals surface area contributed by atoms with Gasteiger partial charge in [0.25, 0.3) is 0 Å². The number of hydrogen-bond donors (Lipinski definition) is 0. The molecule has 4 aromatic carbocycles. The Bertz CT molecular complexity index is 1160.